The minimum Gasteiger partial charge on any atom is -0.484 e. The topological polar surface area (TPSA) is 89.7 Å². The largest absolute Gasteiger partial charge is 0.484 e. The quantitative estimate of drug-likeness (QED) is 0.275. The highest BCUT2D eigenvalue weighted by Crippen LogP contribution is 2.30. The number of likely N-dealkylation sites (tertiary alicyclic amines) is 1. The third-order valence-electron chi connectivity index (χ3n) is 7.57. The Balaban J connectivity index is 1.19. The molecule has 214 valence electrons. The molecule has 0 spiro atoms. The van der Waals surface area contributed by atoms with E-state index in [9.17, 15) is 23.1 Å². The van der Waals surface area contributed by atoms with Crippen LogP contribution in [0.25, 0.3) is 11.0 Å². The van der Waals surface area contributed by atoms with Crippen molar-refractivity contribution >= 4 is 28.6 Å². The van der Waals surface area contributed by atoms with Crippen LogP contribution in [0.15, 0.2) is 42.5 Å². The van der Waals surface area contributed by atoms with Gasteiger partial charge in [0.25, 0.3) is 0 Å². The zero-order chi connectivity index (χ0) is 28.7. The molecule has 4 aromatic rings. The number of imidazole rings is 1. The number of halogens is 4. The molecule has 0 radical (unpaired) electrons. The van der Waals surface area contributed by atoms with E-state index in [0.29, 0.717) is 49.8 Å². The maximum atomic E-state index is 14.9. The Hall–Kier alpha value is -3.67. The third-order valence-corrected chi connectivity index (χ3v) is 7.80. The Morgan fingerprint density at radius 2 is 1.90 bits per heavy atom. The maximum absolute atomic E-state index is 14.9. The van der Waals surface area contributed by atoms with Crippen molar-refractivity contribution in [3.8, 4) is 5.75 Å². The summed E-state index contributed by atoms with van der Waals surface area (Å²) in [6.45, 7) is 2.58. The maximum Gasteiger partial charge on any atom is 0.335 e. The molecule has 41 heavy (non-hydrogen) atoms. The van der Waals surface area contributed by atoms with Crippen molar-refractivity contribution in [3.05, 3.63) is 87.7 Å². The minimum absolute atomic E-state index is 0.00441. The molecule has 0 aliphatic carbocycles. The Morgan fingerprint density at radius 1 is 1.07 bits per heavy atom. The normalized spacial score (nSPS) is 19.0. The van der Waals surface area contributed by atoms with Crippen molar-refractivity contribution in [2.24, 2.45) is 0 Å². The third kappa shape index (κ3) is 5.74. The number of hydrogen-bond acceptors (Lipinski definition) is 6. The van der Waals surface area contributed by atoms with Gasteiger partial charge in [0.05, 0.1) is 30.3 Å². The number of carboxylic acids is 1. The molecule has 2 atom stereocenters. The summed E-state index contributed by atoms with van der Waals surface area (Å²) in [5.41, 5.74) is 1.17. The van der Waals surface area contributed by atoms with Crippen molar-refractivity contribution in [2.75, 3.05) is 19.7 Å². The highest BCUT2D eigenvalue weighted by atomic mass is 35.5. The molecule has 8 nitrogen and oxygen atoms in total. The number of rotatable bonds is 9. The Bertz CT molecular complexity index is 1630. The molecule has 2 fully saturated rings. The number of pyridine rings is 1. The van der Waals surface area contributed by atoms with Gasteiger partial charge in [0.1, 0.15) is 29.5 Å². The van der Waals surface area contributed by atoms with E-state index in [0.717, 1.165) is 25.0 Å². The van der Waals surface area contributed by atoms with Crippen LogP contribution in [0.4, 0.5) is 13.2 Å². The van der Waals surface area contributed by atoms with Crippen LogP contribution in [-0.4, -0.2) is 56.3 Å². The van der Waals surface area contributed by atoms with Gasteiger partial charge in [-0.2, -0.15) is 0 Å². The van der Waals surface area contributed by atoms with Gasteiger partial charge in [0, 0.05) is 29.8 Å². The number of aromatic carboxylic acids is 1. The first-order valence-electron chi connectivity index (χ1n) is 13.2. The van der Waals surface area contributed by atoms with Gasteiger partial charge in [-0.15, -0.1) is 0 Å². The molecule has 2 aliphatic heterocycles. The second kappa shape index (κ2) is 11.3. The summed E-state index contributed by atoms with van der Waals surface area (Å²) in [6.07, 6.45) is 1.58. The van der Waals surface area contributed by atoms with E-state index >= 15 is 0 Å². The van der Waals surface area contributed by atoms with Gasteiger partial charge in [-0.05, 0) is 61.9 Å². The molecule has 6 rings (SSSR count). The number of benzene rings is 2. The van der Waals surface area contributed by atoms with Crippen molar-refractivity contribution in [3.63, 3.8) is 0 Å². The fraction of sp³-hybridized carbons (Fsp3) is 0.345. The van der Waals surface area contributed by atoms with Crippen LogP contribution in [0.1, 0.15) is 46.3 Å². The van der Waals surface area contributed by atoms with Gasteiger partial charge in [-0.1, -0.05) is 11.6 Å². The standard InChI is InChI=1S/C29H26ClF3N4O4/c30-18-1-4-26(21(32)11-18)41-15-24-20(31)2-3-23(34-24)16-5-7-36(12-16)14-27-35-28-22(33)9-17(29(38)39)10-25(28)37(27)13-19-6-8-40-19/h1-4,9-11,16,19H,5-8,12-15H2,(H,38,39)/t16-,19+/m1/s1. The number of carboxylic acid groups (broad SMARTS) is 1. The smallest absolute Gasteiger partial charge is 0.335 e. The predicted molar refractivity (Wildman–Crippen MR) is 144 cm³/mol. The first-order chi connectivity index (χ1) is 19.7. The van der Waals surface area contributed by atoms with Crippen LogP contribution in [-0.2, 0) is 24.4 Å². The first-order valence-corrected chi connectivity index (χ1v) is 13.6. The number of ether oxygens (including phenoxy) is 2. The molecule has 2 aliphatic rings. The minimum atomic E-state index is -1.21. The van der Waals surface area contributed by atoms with E-state index in [1.54, 1.807) is 6.07 Å². The molecule has 2 saturated heterocycles. The summed E-state index contributed by atoms with van der Waals surface area (Å²) in [4.78, 5) is 22.8. The van der Waals surface area contributed by atoms with E-state index in [1.807, 2.05) is 4.57 Å². The second-order valence-electron chi connectivity index (χ2n) is 10.3. The summed E-state index contributed by atoms with van der Waals surface area (Å²) in [7, 11) is 0. The highest BCUT2D eigenvalue weighted by Gasteiger charge is 2.29. The monoisotopic (exact) mass is 586 g/mol. The van der Waals surface area contributed by atoms with Crippen LogP contribution < -0.4 is 4.74 Å². The van der Waals surface area contributed by atoms with E-state index in [-0.39, 0.29) is 46.2 Å². The lowest BCUT2D eigenvalue weighted by Gasteiger charge is -2.28. The highest BCUT2D eigenvalue weighted by molar-refractivity contribution is 6.30. The lowest BCUT2D eigenvalue weighted by atomic mass is 10.0. The average molecular weight is 587 g/mol. The number of carbonyl (C=O) groups is 1. The molecule has 4 heterocycles. The Morgan fingerprint density at radius 3 is 2.63 bits per heavy atom. The van der Waals surface area contributed by atoms with Gasteiger partial charge in [0.2, 0.25) is 0 Å². The number of aromatic nitrogens is 3. The zero-order valence-corrected chi connectivity index (χ0v) is 22.6. The van der Waals surface area contributed by atoms with Gasteiger partial charge >= 0.3 is 5.97 Å². The van der Waals surface area contributed by atoms with Gasteiger partial charge in [-0.3, -0.25) is 9.88 Å². The van der Waals surface area contributed by atoms with Crippen molar-refractivity contribution in [2.45, 2.75) is 44.6 Å². The number of fused-ring (bicyclic) bond motifs is 1. The summed E-state index contributed by atoms with van der Waals surface area (Å²) in [5, 5.41) is 9.67. The van der Waals surface area contributed by atoms with Crippen molar-refractivity contribution in [1.29, 1.82) is 0 Å². The lowest BCUT2D eigenvalue weighted by molar-refractivity contribution is -0.0591. The van der Waals surface area contributed by atoms with E-state index < -0.39 is 23.4 Å². The summed E-state index contributed by atoms with van der Waals surface area (Å²) < 4.78 is 56.4. The van der Waals surface area contributed by atoms with Crippen LogP contribution in [0.5, 0.6) is 5.75 Å². The van der Waals surface area contributed by atoms with Crippen LogP contribution >= 0.6 is 11.6 Å². The number of nitrogens with zero attached hydrogens (tertiary/aromatic N) is 4. The summed E-state index contributed by atoms with van der Waals surface area (Å²) in [6, 6.07) is 9.40. The van der Waals surface area contributed by atoms with Crippen molar-refractivity contribution < 1.29 is 32.5 Å². The van der Waals surface area contributed by atoms with Crippen LogP contribution in [0, 0.1) is 17.5 Å². The Labute approximate surface area is 238 Å². The molecular formula is C29H26ClF3N4O4. The lowest BCUT2D eigenvalue weighted by Crippen LogP contribution is -2.32. The molecule has 0 unspecified atom stereocenters. The first kappa shape index (κ1) is 27.5. The van der Waals surface area contributed by atoms with E-state index in [1.165, 1.54) is 24.3 Å². The summed E-state index contributed by atoms with van der Waals surface area (Å²) >= 11 is 5.78. The summed E-state index contributed by atoms with van der Waals surface area (Å²) in [5.74, 6) is -2.51. The molecule has 2 aromatic carbocycles. The molecule has 12 heteroatoms. The fourth-order valence-electron chi connectivity index (χ4n) is 5.30. The SMILES string of the molecule is O=C(O)c1cc(F)c2nc(CN3CC[C@@H](c4ccc(F)c(COc5ccc(Cl)cc5F)n4)C3)n(C[C@@H]3CCO3)c2c1. The second-order valence-corrected chi connectivity index (χ2v) is 10.7. The van der Waals surface area contributed by atoms with E-state index in [2.05, 4.69) is 14.9 Å². The molecule has 0 bridgehead atoms. The average Bonchev–Trinajstić information content (AvgIpc) is 3.51. The van der Waals surface area contributed by atoms with Crippen LogP contribution in [0.2, 0.25) is 5.02 Å². The molecular weight excluding hydrogens is 561 g/mol. The molecule has 0 amide bonds. The molecule has 2 aromatic heterocycles. The van der Waals surface area contributed by atoms with Gasteiger partial charge in [0.15, 0.2) is 17.4 Å². The number of hydrogen-bond donors (Lipinski definition) is 1. The van der Waals surface area contributed by atoms with Crippen LogP contribution in [0.3, 0.4) is 0 Å². The van der Waals surface area contributed by atoms with Gasteiger partial charge < -0.3 is 19.1 Å². The van der Waals surface area contributed by atoms with Gasteiger partial charge in [-0.25, -0.2) is 22.9 Å². The molecule has 1 N–H and O–H groups in total. The van der Waals surface area contributed by atoms with Crippen molar-refractivity contribution in [1.82, 2.24) is 19.4 Å². The zero-order valence-electron chi connectivity index (χ0n) is 21.8. The fourth-order valence-corrected chi connectivity index (χ4v) is 5.45. The Kier molecular flexibility index (Phi) is 7.58. The van der Waals surface area contributed by atoms with E-state index in [4.69, 9.17) is 21.1 Å². The molecule has 0 saturated carbocycles. The predicted octanol–water partition coefficient (Wildman–Crippen LogP) is 5.56.